The van der Waals surface area contributed by atoms with Gasteiger partial charge in [0, 0.05) is 35.7 Å². The van der Waals surface area contributed by atoms with E-state index in [1.807, 2.05) is 18.3 Å². The first-order valence-corrected chi connectivity index (χ1v) is 11.3. The summed E-state index contributed by atoms with van der Waals surface area (Å²) in [5.41, 5.74) is 1.09. The lowest BCUT2D eigenvalue weighted by molar-refractivity contribution is -0.133. The number of ether oxygens (including phenoxy) is 1. The molecule has 0 amide bonds. The molecule has 2 saturated carbocycles. The third-order valence-electron chi connectivity index (χ3n) is 6.86. The highest BCUT2D eigenvalue weighted by Gasteiger charge is 2.51. The van der Waals surface area contributed by atoms with E-state index in [1.54, 1.807) is 18.4 Å². The molecule has 0 radical (unpaired) electrons. The van der Waals surface area contributed by atoms with Gasteiger partial charge in [-0.15, -0.1) is 11.3 Å². The van der Waals surface area contributed by atoms with E-state index in [1.165, 1.54) is 23.4 Å². The number of nitrogens with one attached hydrogen (secondary N) is 1. The van der Waals surface area contributed by atoms with Crippen LogP contribution in [-0.4, -0.2) is 24.4 Å². The normalized spacial score (nSPS) is 24.0. The van der Waals surface area contributed by atoms with Gasteiger partial charge in [0.2, 0.25) is 0 Å². The van der Waals surface area contributed by atoms with Crippen molar-refractivity contribution in [3.63, 3.8) is 0 Å². The number of methoxy groups -OCH3 is 1. The van der Waals surface area contributed by atoms with Crippen molar-refractivity contribution in [1.82, 2.24) is 10.3 Å². The van der Waals surface area contributed by atoms with Gasteiger partial charge in [-0.3, -0.25) is 9.78 Å². The Morgan fingerprint density at radius 3 is 2.82 bits per heavy atom. The van der Waals surface area contributed by atoms with Crippen LogP contribution in [0, 0.1) is 5.41 Å². The average Bonchev–Trinajstić information content (AvgIpc) is 3.39. The van der Waals surface area contributed by atoms with Crippen LogP contribution >= 0.6 is 11.3 Å². The molecule has 28 heavy (non-hydrogen) atoms. The smallest absolute Gasteiger partial charge is 0.139 e. The molecular formula is C23H30N2O2S. The van der Waals surface area contributed by atoms with Crippen LogP contribution in [0.1, 0.15) is 61.9 Å². The van der Waals surface area contributed by atoms with Gasteiger partial charge in [-0.1, -0.05) is 18.9 Å². The molecule has 2 aliphatic carbocycles. The fourth-order valence-corrected chi connectivity index (χ4v) is 6.17. The fourth-order valence-electron chi connectivity index (χ4n) is 5.37. The maximum absolute atomic E-state index is 12.8. The molecule has 0 saturated heterocycles. The second kappa shape index (κ2) is 8.34. The predicted molar refractivity (Wildman–Crippen MR) is 113 cm³/mol. The zero-order chi connectivity index (χ0) is 19.5. The van der Waals surface area contributed by atoms with E-state index >= 15 is 0 Å². The SMILES string of the molecule is COc1ccsc1CNCCC1(c2ccccn2)CCC(=O)C2(CCCC2)C1. The molecule has 1 atom stereocenters. The summed E-state index contributed by atoms with van der Waals surface area (Å²) in [5, 5.41) is 5.68. The van der Waals surface area contributed by atoms with Gasteiger partial charge in [0.15, 0.2) is 0 Å². The molecular weight excluding hydrogens is 368 g/mol. The Bertz CT molecular complexity index is 798. The highest BCUT2D eigenvalue weighted by atomic mass is 32.1. The van der Waals surface area contributed by atoms with Crippen molar-refractivity contribution >= 4 is 17.1 Å². The Kier molecular flexibility index (Phi) is 5.83. The van der Waals surface area contributed by atoms with E-state index in [9.17, 15) is 4.79 Å². The molecule has 2 aliphatic rings. The van der Waals surface area contributed by atoms with Crippen LogP contribution in [-0.2, 0) is 16.8 Å². The number of thiophene rings is 1. The Morgan fingerprint density at radius 2 is 2.07 bits per heavy atom. The van der Waals surface area contributed by atoms with Crippen LogP contribution in [0.25, 0.3) is 0 Å². The third-order valence-corrected chi connectivity index (χ3v) is 7.76. The minimum absolute atomic E-state index is 0.00600. The van der Waals surface area contributed by atoms with E-state index in [0.29, 0.717) is 12.2 Å². The first-order chi connectivity index (χ1) is 13.7. The number of hydrogen-bond donors (Lipinski definition) is 1. The molecule has 150 valence electrons. The lowest BCUT2D eigenvalue weighted by Crippen LogP contribution is -2.45. The topological polar surface area (TPSA) is 51.2 Å². The number of carbonyl (C=O) groups is 1. The van der Waals surface area contributed by atoms with Gasteiger partial charge < -0.3 is 10.1 Å². The second-order valence-corrected chi connectivity index (χ2v) is 9.42. The van der Waals surface area contributed by atoms with Crippen molar-refractivity contribution in [2.45, 2.75) is 63.3 Å². The number of carbonyl (C=O) groups excluding carboxylic acids is 1. The van der Waals surface area contributed by atoms with E-state index in [2.05, 4.69) is 22.8 Å². The van der Waals surface area contributed by atoms with Gasteiger partial charge in [-0.2, -0.15) is 0 Å². The number of nitrogens with zero attached hydrogens (tertiary/aromatic N) is 1. The van der Waals surface area contributed by atoms with Crippen LogP contribution in [0.2, 0.25) is 0 Å². The number of rotatable bonds is 7. The van der Waals surface area contributed by atoms with Gasteiger partial charge in [0.05, 0.1) is 12.0 Å². The highest BCUT2D eigenvalue weighted by Crippen LogP contribution is 2.54. The summed E-state index contributed by atoms with van der Waals surface area (Å²) in [7, 11) is 1.72. The van der Waals surface area contributed by atoms with Crippen LogP contribution in [0.15, 0.2) is 35.8 Å². The molecule has 5 heteroatoms. The molecule has 4 nitrogen and oxygen atoms in total. The minimum Gasteiger partial charge on any atom is -0.496 e. The molecule has 0 aliphatic heterocycles. The van der Waals surface area contributed by atoms with Gasteiger partial charge in [0.25, 0.3) is 0 Å². The quantitative estimate of drug-likeness (QED) is 0.675. The van der Waals surface area contributed by atoms with Crippen LogP contribution < -0.4 is 10.1 Å². The number of aromatic nitrogens is 1. The van der Waals surface area contributed by atoms with E-state index in [-0.39, 0.29) is 10.8 Å². The van der Waals surface area contributed by atoms with Crippen LogP contribution in [0.5, 0.6) is 5.75 Å². The second-order valence-electron chi connectivity index (χ2n) is 8.42. The number of Topliss-reactive ketones (excluding diaryl/α,β-unsaturated/α-hetero) is 1. The Morgan fingerprint density at radius 1 is 1.21 bits per heavy atom. The average molecular weight is 399 g/mol. The molecule has 1 spiro atoms. The highest BCUT2D eigenvalue weighted by molar-refractivity contribution is 7.10. The van der Waals surface area contributed by atoms with E-state index in [0.717, 1.165) is 50.9 Å². The van der Waals surface area contributed by atoms with Crippen LogP contribution in [0.3, 0.4) is 0 Å². The molecule has 1 unspecified atom stereocenters. The summed E-state index contributed by atoms with van der Waals surface area (Å²) >= 11 is 1.73. The Hall–Kier alpha value is -1.72. The van der Waals surface area contributed by atoms with Crippen molar-refractivity contribution < 1.29 is 9.53 Å². The van der Waals surface area contributed by atoms with Crippen molar-refractivity contribution in [1.29, 1.82) is 0 Å². The molecule has 0 aromatic carbocycles. The summed E-state index contributed by atoms with van der Waals surface area (Å²) in [5.74, 6) is 1.47. The van der Waals surface area contributed by atoms with Gasteiger partial charge >= 0.3 is 0 Å². The lowest BCUT2D eigenvalue weighted by Gasteiger charge is -2.45. The minimum atomic E-state index is -0.0905. The van der Waals surface area contributed by atoms with E-state index in [4.69, 9.17) is 9.72 Å². The molecule has 0 bridgehead atoms. The van der Waals surface area contributed by atoms with Gasteiger partial charge in [0.1, 0.15) is 11.5 Å². The van der Waals surface area contributed by atoms with Crippen molar-refractivity contribution in [2.24, 2.45) is 5.41 Å². The summed E-state index contributed by atoms with van der Waals surface area (Å²) < 4.78 is 5.42. The molecule has 2 aromatic rings. The number of pyridine rings is 1. The zero-order valence-electron chi connectivity index (χ0n) is 16.7. The zero-order valence-corrected chi connectivity index (χ0v) is 17.5. The summed E-state index contributed by atoms with van der Waals surface area (Å²) in [6, 6.07) is 8.26. The van der Waals surface area contributed by atoms with Gasteiger partial charge in [-0.25, -0.2) is 0 Å². The molecule has 2 fully saturated rings. The molecule has 1 N–H and O–H groups in total. The summed E-state index contributed by atoms with van der Waals surface area (Å²) in [4.78, 5) is 18.8. The fraction of sp³-hybridized carbons (Fsp3) is 0.565. The Labute approximate surface area is 171 Å². The first-order valence-electron chi connectivity index (χ1n) is 10.4. The summed E-state index contributed by atoms with van der Waals surface area (Å²) in [6.07, 6.45) is 10.1. The Balaban J connectivity index is 1.49. The largest absolute Gasteiger partial charge is 0.496 e. The number of hydrogen-bond acceptors (Lipinski definition) is 5. The molecule has 2 aromatic heterocycles. The molecule has 2 heterocycles. The third kappa shape index (κ3) is 3.74. The standard InChI is InChI=1S/C23H30N2O2S/c1-27-18-8-15-28-19(18)16-24-14-12-22(20-6-2-5-13-25-20)11-7-21(26)23(17-22)9-3-4-10-23/h2,5-6,8,13,15,24H,3-4,7,9-12,14,16-17H2,1H3. The molecule has 4 rings (SSSR count). The predicted octanol–water partition coefficient (Wildman–Crippen LogP) is 4.88. The first kappa shape index (κ1) is 19.6. The van der Waals surface area contributed by atoms with Crippen LogP contribution in [0.4, 0.5) is 0 Å². The van der Waals surface area contributed by atoms with Crippen molar-refractivity contribution in [2.75, 3.05) is 13.7 Å². The van der Waals surface area contributed by atoms with Gasteiger partial charge in [-0.05, 0) is 62.2 Å². The maximum Gasteiger partial charge on any atom is 0.139 e. The number of ketones is 1. The summed E-state index contributed by atoms with van der Waals surface area (Å²) in [6.45, 7) is 1.74. The van der Waals surface area contributed by atoms with Crippen molar-refractivity contribution in [3.8, 4) is 5.75 Å². The maximum atomic E-state index is 12.8. The van der Waals surface area contributed by atoms with E-state index < -0.39 is 0 Å². The lowest BCUT2D eigenvalue weighted by atomic mass is 9.58. The monoisotopic (exact) mass is 398 g/mol. The van der Waals surface area contributed by atoms with Crippen molar-refractivity contribution in [3.05, 3.63) is 46.4 Å².